The summed E-state index contributed by atoms with van der Waals surface area (Å²) in [5.41, 5.74) is 13.5. The summed E-state index contributed by atoms with van der Waals surface area (Å²) in [6, 6.07) is 10.1. The first-order valence-corrected chi connectivity index (χ1v) is 19.4. The van der Waals surface area contributed by atoms with E-state index in [1.54, 1.807) is 5.56 Å². The number of para-hydroxylation sites is 1. The Bertz CT molecular complexity index is 1990. The van der Waals surface area contributed by atoms with Gasteiger partial charge in [-0.05, 0) is 122 Å². The Balaban J connectivity index is 0.860. The average Bonchev–Trinajstić information content (AvgIpc) is 3.71. The first-order chi connectivity index (χ1) is 24.8. The average molecular weight is 653 g/mol. The van der Waals surface area contributed by atoms with Crippen LogP contribution in [0.25, 0.3) is 0 Å². The Hall–Kier alpha value is -4.56. The molecule has 7 unspecified atom stereocenters. The zero-order valence-electron chi connectivity index (χ0n) is 29.1. The molecule has 0 amide bonds. The summed E-state index contributed by atoms with van der Waals surface area (Å²) in [6.45, 7) is 0. The predicted octanol–water partition coefficient (Wildman–Crippen LogP) is 11.4. The number of hydrogen-bond donors (Lipinski definition) is 0. The summed E-state index contributed by atoms with van der Waals surface area (Å²) in [7, 11) is 0. The molecule has 1 fully saturated rings. The van der Waals surface area contributed by atoms with Crippen LogP contribution in [0.2, 0.25) is 0 Å². The van der Waals surface area contributed by atoms with Gasteiger partial charge < -0.3 is 9.80 Å². The number of benzene rings is 1. The second kappa shape index (κ2) is 12.6. The van der Waals surface area contributed by atoms with Gasteiger partial charge in [-0.15, -0.1) is 0 Å². The number of hydrogen-bond acceptors (Lipinski definition) is 2. The number of fused-ring (bicyclic) bond motifs is 6. The minimum absolute atomic E-state index is 0.424. The molecule has 0 spiro atoms. The second-order valence-corrected chi connectivity index (χ2v) is 15.7. The van der Waals surface area contributed by atoms with E-state index in [2.05, 4.69) is 150 Å². The van der Waals surface area contributed by atoms with E-state index in [1.165, 1.54) is 64.3 Å². The van der Waals surface area contributed by atoms with Crippen LogP contribution in [-0.4, -0.2) is 17.0 Å². The van der Waals surface area contributed by atoms with Crippen molar-refractivity contribution in [3.63, 3.8) is 0 Å². The molecule has 2 nitrogen and oxygen atoms in total. The molecule has 0 saturated carbocycles. The summed E-state index contributed by atoms with van der Waals surface area (Å²) in [6.07, 6.45) is 56.1. The first-order valence-electron chi connectivity index (χ1n) is 19.4. The quantitative estimate of drug-likeness (QED) is 0.292. The SMILES string of the molecule is C1=CCCC(C2=CC=C(N3c4ccccc4C4CC(C5C=CC(C6=CC=C7C(C6)C6C=CC=CC6N7C6=CC=CCC6)=CC5)C=CC43)CC2)=C1. The third-order valence-electron chi connectivity index (χ3n) is 13.1. The van der Waals surface area contributed by atoms with E-state index >= 15 is 0 Å². The van der Waals surface area contributed by atoms with Crippen molar-refractivity contribution in [1.29, 1.82) is 0 Å². The molecule has 9 aliphatic rings. The van der Waals surface area contributed by atoms with Crippen LogP contribution in [0.1, 0.15) is 69.3 Å². The van der Waals surface area contributed by atoms with Crippen LogP contribution in [0.3, 0.4) is 0 Å². The Morgan fingerprint density at radius 2 is 1.42 bits per heavy atom. The lowest BCUT2D eigenvalue weighted by molar-refractivity contribution is 0.368. The smallest absolute Gasteiger partial charge is 0.0588 e. The highest BCUT2D eigenvalue weighted by atomic mass is 15.2. The Labute approximate surface area is 298 Å². The Morgan fingerprint density at radius 1 is 0.580 bits per heavy atom. The molecule has 1 aromatic carbocycles. The first kappa shape index (κ1) is 30.3. The van der Waals surface area contributed by atoms with E-state index in [0.717, 1.165) is 38.5 Å². The fraction of sp³-hybridized carbons (Fsp3) is 0.333. The lowest BCUT2D eigenvalue weighted by Gasteiger charge is -2.37. The zero-order valence-corrected chi connectivity index (χ0v) is 29.1. The van der Waals surface area contributed by atoms with Gasteiger partial charge in [-0.2, -0.15) is 0 Å². The lowest BCUT2D eigenvalue weighted by atomic mass is 9.72. The topological polar surface area (TPSA) is 6.48 Å². The van der Waals surface area contributed by atoms with Crippen LogP contribution in [0, 0.1) is 23.7 Å². The summed E-state index contributed by atoms with van der Waals surface area (Å²) in [4.78, 5) is 5.36. The van der Waals surface area contributed by atoms with Crippen molar-refractivity contribution >= 4 is 5.69 Å². The lowest BCUT2D eigenvalue weighted by Crippen LogP contribution is -2.36. The molecule has 1 aromatic rings. The summed E-state index contributed by atoms with van der Waals surface area (Å²) < 4.78 is 0. The molecule has 50 heavy (non-hydrogen) atoms. The van der Waals surface area contributed by atoms with Crippen LogP contribution >= 0.6 is 0 Å². The molecule has 0 aromatic heterocycles. The van der Waals surface area contributed by atoms with Gasteiger partial charge in [0.15, 0.2) is 0 Å². The van der Waals surface area contributed by atoms with Crippen LogP contribution in [0.15, 0.2) is 179 Å². The third kappa shape index (κ3) is 5.13. The van der Waals surface area contributed by atoms with E-state index in [-0.39, 0.29) is 0 Å². The van der Waals surface area contributed by atoms with Crippen molar-refractivity contribution in [1.82, 2.24) is 4.90 Å². The third-order valence-corrected chi connectivity index (χ3v) is 13.1. The second-order valence-electron chi connectivity index (χ2n) is 15.7. The standard InChI is InChI=1S/C48H48N2/c1-3-11-33(12-4-1)34-23-27-40(28-24-34)50-46-18-10-8-16-42(46)44-32-38(26-30-48(44)50)36-21-19-35(20-22-36)37-25-29-47-43(31-37)41-15-7-9-17-45(41)49(47)39-13-5-2-6-14-39/h1-3,5,7-11,13,15-21,23,25-27,29-30,36,38,41,43-45,48H,4,6,12,14,22,24,28,31-32H2. The van der Waals surface area contributed by atoms with Crippen LogP contribution in [0.5, 0.6) is 0 Å². The van der Waals surface area contributed by atoms with Crippen molar-refractivity contribution in [3.05, 3.63) is 185 Å². The minimum Gasteiger partial charge on any atom is -0.341 e. The predicted molar refractivity (Wildman–Crippen MR) is 208 cm³/mol. The highest BCUT2D eigenvalue weighted by Crippen LogP contribution is 2.53. The molecule has 250 valence electrons. The number of allylic oxidation sites excluding steroid dienone is 23. The Kier molecular flexibility index (Phi) is 7.66. The highest BCUT2D eigenvalue weighted by molar-refractivity contribution is 5.68. The molecule has 1 saturated heterocycles. The molecular weight excluding hydrogens is 605 g/mol. The van der Waals surface area contributed by atoms with Crippen molar-refractivity contribution in [2.45, 2.75) is 75.8 Å². The molecule has 10 rings (SSSR count). The molecular formula is C48H48N2. The largest absolute Gasteiger partial charge is 0.341 e. The number of nitrogens with zero attached hydrogens (tertiary/aromatic N) is 2. The van der Waals surface area contributed by atoms with Crippen molar-refractivity contribution < 1.29 is 0 Å². The van der Waals surface area contributed by atoms with Gasteiger partial charge in [-0.25, -0.2) is 0 Å². The van der Waals surface area contributed by atoms with E-state index < -0.39 is 0 Å². The summed E-state index contributed by atoms with van der Waals surface area (Å²) in [5, 5.41) is 0. The minimum atomic E-state index is 0.424. The van der Waals surface area contributed by atoms with Gasteiger partial charge in [0.2, 0.25) is 0 Å². The maximum Gasteiger partial charge on any atom is 0.0588 e. The molecule has 7 aliphatic carbocycles. The van der Waals surface area contributed by atoms with Gasteiger partial charge >= 0.3 is 0 Å². The van der Waals surface area contributed by atoms with Crippen molar-refractivity contribution in [3.8, 4) is 0 Å². The van der Waals surface area contributed by atoms with E-state index in [0.29, 0.717) is 41.7 Å². The molecule has 2 heteroatoms. The molecule has 2 aliphatic heterocycles. The molecule has 0 N–H and O–H groups in total. The maximum atomic E-state index is 2.69. The van der Waals surface area contributed by atoms with E-state index in [9.17, 15) is 0 Å². The summed E-state index contributed by atoms with van der Waals surface area (Å²) >= 11 is 0. The summed E-state index contributed by atoms with van der Waals surface area (Å²) in [5.74, 6) is 2.78. The number of likely N-dealkylation sites (tertiary alicyclic amines) is 1. The van der Waals surface area contributed by atoms with Gasteiger partial charge in [0.25, 0.3) is 0 Å². The number of rotatable bonds is 5. The van der Waals surface area contributed by atoms with Crippen LogP contribution < -0.4 is 4.90 Å². The van der Waals surface area contributed by atoms with Crippen molar-refractivity contribution in [2.24, 2.45) is 23.7 Å². The number of anilines is 1. The monoisotopic (exact) mass is 652 g/mol. The van der Waals surface area contributed by atoms with Gasteiger partial charge in [-0.3, -0.25) is 0 Å². The van der Waals surface area contributed by atoms with Crippen LogP contribution in [0.4, 0.5) is 5.69 Å². The molecule has 7 atom stereocenters. The normalized spacial score (nSPS) is 33.4. The van der Waals surface area contributed by atoms with Crippen molar-refractivity contribution in [2.75, 3.05) is 4.90 Å². The molecule has 0 bridgehead atoms. The van der Waals surface area contributed by atoms with E-state index in [1.807, 2.05) is 0 Å². The molecule has 0 radical (unpaired) electrons. The fourth-order valence-electron chi connectivity index (χ4n) is 10.6. The Morgan fingerprint density at radius 3 is 2.24 bits per heavy atom. The molecule has 2 heterocycles. The van der Waals surface area contributed by atoms with Gasteiger partial charge in [0, 0.05) is 40.5 Å². The maximum absolute atomic E-state index is 2.69. The van der Waals surface area contributed by atoms with Crippen LogP contribution in [-0.2, 0) is 0 Å². The van der Waals surface area contributed by atoms with Gasteiger partial charge in [0.1, 0.15) is 0 Å². The van der Waals surface area contributed by atoms with Gasteiger partial charge in [0.05, 0.1) is 12.1 Å². The van der Waals surface area contributed by atoms with E-state index in [4.69, 9.17) is 0 Å². The zero-order chi connectivity index (χ0) is 33.0. The highest BCUT2D eigenvalue weighted by Gasteiger charge is 2.46. The van der Waals surface area contributed by atoms with Gasteiger partial charge in [-0.1, -0.05) is 115 Å². The fourth-order valence-corrected chi connectivity index (χ4v) is 10.6.